The molecule has 0 aliphatic rings. The largest absolute Gasteiger partial charge is 0.294 e. The lowest BCUT2D eigenvalue weighted by Gasteiger charge is -2.22. The quantitative estimate of drug-likeness (QED) is 0.535. The Hall–Kier alpha value is -0.770. The highest BCUT2D eigenvalue weighted by Gasteiger charge is 2.23. The molecule has 0 N–H and O–H groups in total. The molecule has 1 nitrogen and oxygen atoms in total. The van der Waals surface area contributed by atoms with Crippen LogP contribution in [0.4, 0.5) is 8.78 Å². The van der Waals surface area contributed by atoms with Gasteiger partial charge in [-0.15, -0.1) is 0 Å². The molecule has 0 spiro atoms. The first-order valence-electron chi connectivity index (χ1n) is 6.28. The van der Waals surface area contributed by atoms with Crippen LogP contribution in [0.5, 0.6) is 0 Å². The average molecular weight is 333 g/mol. The van der Waals surface area contributed by atoms with E-state index in [9.17, 15) is 13.6 Å². The summed E-state index contributed by atoms with van der Waals surface area (Å²) in [5.74, 6) is -2.00. The third-order valence-corrected chi connectivity index (χ3v) is 3.43. The third kappa shape index (κ3) is 4.68. The molecular formula is C15H19BrF2O. The van der Waals surface area contributed by atoms with Gasteiger partial charge in [0, 0.05) is 6.42 Å². The van der Waals surface area contributed by atoms with Crippen molar-refractivity contribution in [2.45, 2.75) is 40.5 Å². The van der Waals surface area contributed by atoms with Crippen LogP contribution in [0.25, 0.3) is 0 Å². The predicted octanol–water partition coefficient (Wildman–Crippen LogP) is 5.37. The fraction of sp³-hybridized carbons (Fsp3) is 0.533. The molecule has 0 aliphatic heterocycles. The molecule has 0 saturated carbocycles. The Morgan fingerprint density at radius 2 is 1.89 bits per heavy atom. The maximum Gasteiger partial charge on any atom is 0.169 e. The zero-order valence-corrected chi connectivity index (χ0v) is 13.3. The van der Waals surface area contributed by atoms with E-state index in [4.69, 9.17) is 0 Å². The van der Waals surface area contributed by atoms with Crippen LogP contribution in [-0.4, -0.2) is 5.78 Å². The van der Waals surface area contributed by atoms with Crippen LogP contribution in [0.15, 0.2) is 16.6 Å². The van der Waals surface area contributed by atoms with Gasteiger partial charge in [0.05, 0.1) is 10.0 Å². The average Bonchev–Trinajstić information content (AvgIpc) is 2.21. The summed E-state index contributed by atoms with van der Waals surface area (Å²) >= 11 is 2.97. The van der Waals surface area contributed by atoms with Gasteiger partial charge in [0.25, 0.3) is 0 Å². The summed E-state index contributed by atoms with van der Waals surface area (Å²) in [5.41, 5.74) is -0.344. The third-order valence-electron chi connectivity index (χ3n) is 2.82. The number of Topliss-reactive ketones (excluding diaryl/α,β-unsaturated/α-hetero) is 1. The number of rotatable bonds is 4. The lowest BCUT2D eigenvalue weighted by atomic mass is 9.83. The van der Waals surface area contributed by atoms with E-state index in [1.807, 2.05) is 6.92 Å². The molecule has 19 heavy (non-hydrogen) atoms. The van der Waals surface area contributed by atoms with Crippen molar-refractivity contribution in [1.82, 2.24) is 0 Å². The van der Waals surface area contributed by atoms with Gasteiger partial charge in [-0.25, -0.2) is 8.78 Å². The van der Waals surface area contributed by atoms with Crippen molar-refractivity contribution >= 4 is 21.7 Å². The van der Waals surface area contributed by atoms with Gasteiger partial charge in [0.15, 0.2) is 11.6 Å². The topological polar surface area (TPSA) is 17.1 Å². The van der Waals surface area contributed by atoms with Gasteiger partial charge in [-0.1, -0.05) is 27.7 Å². The molecule has 0 aliphatic carbocycles. The summed E-state index contributed by atoms with van der Waals surface area (Å²) in [6.07, 6.45) is 0.984. The number of hydrogen-bond donors (Lipinski definition) is 0. The van der Waals surface area contributed by atoms with E-state index in [-0.39, 0.29) is 22.2 Å². The van der Waals surface area contributed by atoms with Gasteiger partial charge in [0.2, 0.25) is 0 Å². The van der Waals surface area contributed by atoms with Gasteiger partial charge in [-0.2, -0.15) is 0 Å². The van der Waals surface area contributed by atoms with Gasteiger partial charge >= 0.3 is 0 Å². The Labute approximate surface area is 121 Å². The normalized spacial score (nSPS) is 13.4. The van der Waals surface area contributed by atoms with E-state index in [2.05, 4.69) is 36.7 Å². The highest BCUT2D eigenvalue weighted by atomic mass is 79.9. The SMILES string of the molecule is CC(CC(=O)c1c(F)ccc(Br)c1F)CC(C)(C)C. The van der Waals surface area contributed by atoms with Crippen molar-refractivity contribution in [2.24, 2.45) is 11.3 Å². The van der Waals surface area contributed by atoms with Crippen molar-refractivity contribution in [2.75, 3.05) is 0 Å². The summed E-state index contributed by atoms with van der Waals surface area (Å²) in [7, 11) is 0. The van der Waals surface area contributed by atoms with Crippen LogP contribution in [0, 0.1) is 23.0 Å². The number of benzene rings is 1. The summed E-state index contributed by atoms with van der Waals surface area (Å²) in [4.78, 5) is 12.0. The summed E-state index contributed by atoms with van der Waals surface area (Å²) in [5, 5.41) is 0. The van der Waals surface area contributed by atoms with E-state index in [0.29, 0.717) is 0 Å². The zero-order chi connectivity index (χ0) is 14.8. The van der Waals surface area contributed by atoms with Crippen LogP contribution in [0.2, 0.25) is 0 Å². The monoisotopic (exact) mass is 332 g/mol. The maximum absolute atomic E-state index is 13.8. The minimum absolute atomic E-state index is 0.0882. The van der Waals surface area contributed by atoms with E-state index >= 15 is 0 Å². The number of halogens is 3. The van der Waals surface area contributed by atoms with Crippen LogP contribution in [0.1, 0.15) is 50.9 Å². The smallest absolute Gasteiger partial charge is 0.169 e. The molecule has 0 radical (unpaired) electrons. The first kappa shape index (κ1) is 16.3. The standard InChI is InChI=1S/C15H19BrF2O/c1-9(8-15(2,3)4)7-12(19)13-11(17)6-5-10(16)14(13)18/h5-6,9H,7-8H2,1-4H3. The van der Waals surface area contributed by atoms with Crippen LogP contribution < -0.4 is 0 Å². The van der Waals surface area contributed by atoms with Crippen molar-refractivity contribution in [3.63, 3.8) is 0 Å². The maximum atomic E-state index is 13.8. The molecule has 1 aromatic rings. The van der Waals surface area contributed by atoms with Gasteiger partial charge in [-0.05, 0) is 45.8 Å². The lowest BCUT2D eigenvalue weighted by Crippen LogP contribution is -2.16. The molecule has 1 rings (SSSR count). The molecule has 0 fully saturated rings. The van der Waals surface area contributed by atoms with Gasteiger partial charge in [0.1, 0.15) is 5.82 Å². The number of carbonyl (C=O) groups excluding carboxylic acids is 1. The van der Waals surface area contributed by atoms with Crippen LogP contribution >= 0.6 is 15.9 Å². The highest BCUT2D eigenvalue weighted by Crippen LogP contribution is 2.29. The molecule has 4 heteroatoms. The minimum Gasteiger partial charge on any atom is -0.294 e. The Kier molecular flexibility index (Phi) is 5.25. The Morgan fingerprint density at radius 1 is 1.32 bits per heavy atom. The Bertz CT molecular complexity index is 478. The fourth-order valence-electron chi connectivity index (χ4n) is 2.32. The van der Waals surface area contributed by atoms with Crippen LogP contribution in [0.3, 0.4) is 0 Å². The molecule has 0 amide bonds. The molecule has 1 aromatic carbocycles. The second-order valence-corrected chi connectivity index (χ2v) is 7.07. The zero-order valence-electron chi connectivity index (χ0n) is 11.7. The molecule has 0 bridgehead atoms. The predicted molar refractivity (Wildman–Crippen MR) is 76.2 cm³/mol. The van der Waals surface area contributed by atoms with E-state index in [1.54, 1.807) is 0 Å². The lowest BCUT2D eigenvalue weighted by molar-refractivity contribution is 0.0946. The minimum atomic E-state index is -0.812. The molecular weight excluding hydrogens is 314 g/mol. The number of hydrogen-bond acceptors (Lipinski definition) is 1. The second-order valence-electron chi connectivity index (χ2n) is 6.22. The van der Waals surface area contributed by atoms with Crippen molar-refractivity contribution < 1.29 is 13.6 Å². The van der Waals surface area contributed by atoms with Gasteiger partial charge < -0.3 is 0 Å². The van der Waals surface area contributed by atoms with Crippen molar-refractivity contribution in [3.8, 4) is 0 Å². The Balaban J connectivity index is 2.88. The van der Waals surface area contributed by atoms with E-state index in [1.165, 1.54) is 6.07 Å². The summed E-state index contributed by atoms with van der Waals surface area (Å²) < 4.78 is 27.5. The molecule has 0 heterocycles. The number of ketones is 1. The number of carbonyl (C=O) groups is 1. The molecule has 0 saturated heterocycles. The molecule has 0 aromatic heterocycles. The fourth-order valence-corrected chi connectivity index (χ4v) is 2.65. The Morgan fingerprint density at radius 3 is 2.42 bits per heavy atom. The van der Waals surface area contributed by atoms with Crippen LogP contribution in [-0.2, 0) is 0 Å². The summed E-state index contributed by atoms with van der Waals surface area (Å²) in [6.45, 7) is 8.16. The first-order chi connectivity index (χ1) is 8.61. The van der Waals surface area contributed by atoms with E-state index in [0.717, 1.165) is 12.5 Å². The van der Waals surface area contributed by atoms with Crippen molar-refractivity contribution in [1.29, 1.82) is 0 Å². The van der Waals surface area contributed by atoms with E-state index < -0.39 is 23.0 Å². The molecule has 1 unspecified atom stereocenters. The molecule has 1 atom stereocenters. The molecule has 106 valence electrons. The summed E-state index contributed by atoms with van der Waals surface area (Å²) in [6, 6.07) is 2.37. The van der Waals surface area contributed by atoms with Gasteiger partial charge in [-0.3, -0.25) is 4.79 Å². The first-order valence-corrected chi connectivity index (χ1v) is 7.08. The second kappa shape index (κ2) is 6.12. The highest BCUT2D eigenvalue weighted by molar-refractivity contribution is 9.10. The van der Waals surface area contributed by atoms with Crippen molar-refractivity contribution in [3.05, 3.63) is 33.8 Å².